The summed E-state index contributed by atoms with van der Waals surface area (Å²) in [5.74, 6) is -1.08. The van der Waals surface area contributed by atoms with Crippen molar-refractivity contribution in [2.75, 3.05) is 0 Å². The molecule has 0 aliphatic heterocycles. The summed E-state index contributed by atoms with van der Waals surface area (Å²) in [5.41, 5.74) is 3.64. The van der Waals surface area contributed by atoms with Gasteiger partial charge in [0.05, 0.1) is 0 Å². The number of aryl methyl sites for hydroxylation is 1. The first kappa shape index (κ1) is 13.3. The Labute approximate surface area is 117 Å². The Balaban J connectivity index is 1.91. The van der Waals surface area contributed by atoms with E-state index < -0.39 is 11.6 Å². The van der Waals surface area contributed by atoms with E-state index in [0.29, 0.717) is 11.6 Å². The first-order valence-corrected chi connectivity index (χ1v) is 6.91. The third kappa shape index (κ3) is 3.05. The lowest BCUT2D eigenvalue weighted by Crippen LogP contribution is -2.15. The Morgan fingerprint density at radius 3 is 2.40 bits per heavy atom. The summed E-state index contributed by atoms with van der Waals surface area (Å²) in [7, 11) is 0. The number of nitrogens with one attached hydrogen (secondary N) is 1. The lowest BCUT2D eigenvalue weighted by atomic mass is 9.98. The Hall–Kier alpha value is -1.74. The molecule has 0 aromatic heterocycles. The molecule has 20 heavy (non-hydrogen) atoms. The molecule has 3 heteroatoms. The zero-order valence-corrected chi connectivity index (χ0v) is 11.4. The number of halogens is 2. The predicted octanol–water partition coefficient (Wildman–Crippen LogP) is 4.19. The van der Waals surface area contributed by atoms with Crippen molar-refractivity contribution in [1.29, 1.82) is 0 Å². The number of hydrogen-bond donors (Lipinski definition) is 1. The van der Waals surface area contributed by atoms with Crippen LogP contribution in [0.4, 0.5) is 8.78 Å². The summed E-state index contributed by atoms with van der Waals surface area (Å²) in [4.78, 5) is 0. The van der Waals surface area contributed by atoms with Crippen LogP contribution in [0.1, 0.15) is 24.0 Å². The van der Waals surface area contributed by atoms with Crippen LogP contribution in [-0.4, -0.2) is 6.04 Å². The summed E-state index contributed by atoms with van der Waals surface area (Å²) in [6, 6.07) is 10.4. The van der Waals surface area contributed by atoms with Crippen LogP contribution in [0, 0.1) is 18.6 Å². The second kappa shape index (κ2) is 5.33. The highest BCUT2D eigenvalue weighted by Gasteiger charge is 2.20. The summed E-state index contributed by atoms with van der Waals surface area (Å²) < 4.78 is 26.7. The Bertz CT molecular complexity index is 613. The molecule has 0 heterocycles. The van der Waals surface area contributed by atoms with Gasteiger partial charge in [-0.05, 0) is 60.2 Å². The van der Waals surface area contributed by atoms with Gasteiger partial charge in [0.2, 0.25) is 0 Å². The van der Waals surface area contributed by atoms with Crippen molar-refractivity contribution in [3.05, 3.63) is 59.2 Å². The van der Waals surface area contributed by atoms with Crippen LogP contribution in [0.2, 0.25) is 0 Å². The molecule has 3 rings (SSSR count). The Morgan fingerprint density at radius 1 is 1.05 bits per heavy atom. The topological polar surface area (TPSA) is 12.0 Å². The predicted molar refractivity (Wildman–Crippen MR) is 76.4 cm³/mol. The van der Waals surface area contributed by atoms with Gasteiger partial charge in [-0.2, -0.15) is 0 Å². The molecule has 0 amide bonds. The zero-order valence-electron chi connectivity index (χ0n) is 11.4. The van der Waals surface area contributed by atoms with Crippen molar-refractivity contribution >= 4 is 0 Å². The lowest BCUT2D eigenvalue weighted by molar-refractivity contribution is 0.584. The smallest absolute Gasteiger partial charge is 0.126 e. The fraction of sp³-hybridized carbons (Fsp3) is 0.294. The summed E-state index contributed by atoms with van der Waals surface area (Å²) in [6.45, 7) is 2.76. The molecule has 1 nitrogen and oxygen atoms in total. The van der Waals surface area contributed by atoms with Gasteiger partial charge >= 0.3 is 0 Å². The summed E-state index contributed by atoms with van der Waals surface area (Å²) >= 11 is 0. The van der Waals surface area contributed by atoms with Crippen LogP contribution in [0.5, 0.6) is 0 Å². The van der Waals surface area contributed by atoms with Gasteiger partial charge in [0.1, 0.15) is 11.6 Å². The van der Waals surface area contributed by atoms with E-state index in [0.717, 1.165) is 29.3 Å². The van der Waals surface area contributed by atoms with Crippen molar-refractivity contribution in [2.45, 2.75) is 32.4 Å². The molecule has 0 spiro atoms. The second-order valence-corrected chi connectivity index (χ2v) is 5.46. The van der Waals surface area contributed by atoms with Gasteiger partial charge in [0.15, 0.2) is 0 Å². The number of rotatable bonds is 4. The molecule has 104 valence electrons. The molecule has 0 saturated heterocycles. The average Bonchev–Trinajstić information content (AvgIpc) is 3.20. The molecule has 1 saturated carbocycles. The van der Waals surface area contributed by atoms with Gasteiger partial charge in [-0.1, -0.05) is 12.1 Å². The zero-order chi connectivity index (χ0) is 14.1. The van der Waals surface area contributed by atoms with E-state index in [1.165, 1.54) is 25.0 Å². The van der Waals surface area contributed by atoms with E-state index >= 15 is 0 Å². The monoisotopic (exact) mass is 273 g/mol. The maximum Gasteiger partial charge on any atom is 0.126 e. The molecule has 0 unspecified atom stereocenters. The van der Waals surface area contributed by atoms with Crippen LogP contribution in [0.15, 0.2) is 36.4 Å². The highest BCUT2D eigenvalue weighted by Crippen LogP contribution is 2.27. The summed E-state index contributed by atoms with van der Waals surface area (Å²) in [5, 5.41) is 3.45. The molecule has 1 fully saturated rings. The van der Waals surface area contributed by atoms with Crippen molar-refractivity contribution in [1.82, 2.24) is 5.32 Å². The third-order valence-electron chi connectivity index (χ3n) is 3.65. The van der Waals surface area contributed by atoms with Gasteiger partial charge in [-0.25, -0.2) is 8.78 Å². The SMILES string of the molecule is Cc1ccc(CNC2CC2)cc1-c1cc(F)cc(F)c1. The van der Waals surface area contributed by atoms with Crippen LogP contribution >= 0.6 is 0 Å². The fourth-order valence-corrected chi connectivity index (χ4v) is 2.35. The summed E-state index contributed by atoms with van der Waals surface area (Å²) in [6.07, 6.45) is 2.49. The normalized spacial score (nSPS) is 14.6. The molecule has 2 aromatic carbocycles. The standard InChI is InChI=1S/C17H17F2N/c1-11-2-3-12(10-20-16-4-5-16)6-17(11)13-7-14(18)9-15(19)8-13/h2-3,6-9,16,20H,4-5,10H2,1H3. The van der Waals surface area contributed by atoms with Crippen LogP contribution in [0.3, 0.4) is 0 Å². The van der Waals surface area contributed by atoms with Crippen molar-refractivity contribution < 1.29 is 8.78 Å². The molecule has 1 aliphatic rings. The van der Waals surface area contributed by atoms with E-state index in [2.05, 4.69) is 11.4 Å². The van der Waals surface area contributed by atoms with Gasteiger partial charge in [-0.3, -0.25) is 0 Å². The minimum absolute atomic E-state index is 0.541. The van der Waals surface area contributed by atoms with Gasteiger partial charge in [0, 0.05) is 18.7 Å². The molecule has 1 N–H and O–H groups in total. The Morgan fingerprint density at radius 2 is 1.75 bits per heavy atom. The maximum absolute atomic E-state index is 13.4. The number of hydrogen-bond acceptors (Lipinski definition) is 1. The number of benzene rings is 2. The molecule has 1 aliphatic carbocycles. The highest BCUT2D eigenvalue weighted by atomic mass is 19.1. The molecule has 0 radical (unpaired) electrons. The average molecular weight is 273 g/mol. The van der Waals surface area contributed by atoms with E-state index in [1.807, 2.05) is 19.1 Å². The van der Waals surface area contributed by atoms with Gasteiger partial charge < -0.3 is 5.32 Å². The highest BCUT2D eigenvalue weighted by molar-refractivity contribution is 5.68. The van der Waals surface area contributed by atoms with Crippen molar-refractivity contribution in [3.63, 3.8) is 0 Å². The van der Waals surface area contributed by atoms with Crippen molar-refractivity contribution in [2.24, 2.45) is 0 Å². The Kier molecular flexibility index (Phi) is 3.53. The first-order chi connectivity index (χ1) is 9.61. The molecular formula is C17H17F2N. The first-order valence-electron chi connectivity index (χ1n) is 6.91. The van der Waals surface area contributed by atoms with Crippen molar-refractivity contribution in [3.8, 4) is 11.1 Å². The molecule has 2 aromatic rings. The molecule has 0 bridgehead atoms. The van der Waals surface area contributed by atoms with Crippen LogP contribution in [0.25, 0.3) is 11.1 Å². The lowest BCUT2D eigenvalue weighted by Gasteiger charge is -2.10. The van der Waals surface area contributed by atoms with Gasteiger partial charge in [-0.15, -0.1) is 0 Å². The minimum atomic E-state index is -0.541. The fourth-order valence-electron chi connectivity index (χ4n) is 2.35. The quantitative estimate of drug-likeness (QED) is 0.880. The van der Waals surface area contributed by atoms with E-state index in [-0.39, 0.29) is 0 Å². The van der Waals surface area contributed by atoms with Crippen LogP contribution < -0.4 is 5.32 Å². The van der Waals surface area contributed by atoms with E-state index in [9.17, 15) is 8.78 Å². The van der Waals surface area contributed by atoms with Crippen LogP contribution in [-0.2, 0) is 6.54 Å². The van der Waals surface area contributed by atoms with E-state index in [4.69, 9.17) is 0 Å². The van der Waals surface area contributed by atoms with Gasteiger partial charge in [0.25, 0.3) is 0 Å². The maximum atomic E-state index is 13.4. The third-order valence-corrected chi connectivity index (χ3v) is 3.65. The minimum Gasteiger partial charge on any atom is -0.310 e. The van der Waals surface area contributed by atoms with E-state index in [1.54, 1.807) is 0 Å². The molecular weight excluding hydrogens is 256 g/mol. The molecule has 0 atom stereocenters. The second-order valence-electron chi connectivity index (χ2n) is 5.46. The largest absolute Gasteiger partial charge is 0.310 e.